The van der Waals surface area contributed by atoms with Crippen molar-refractivity contribution in [3.8, 4) is 6.07 Å². The van der Waals surface area contributed by atoms with Crippen molar-refractivity contribution in [2.45, 2.75) is 32.4 Å². The Bertz CT molecular complexity index is 1060. The molecule has 0 saturated carbocycles. The summed E-state index contributed by atoms with van der Waals surface area (Å²) in [5.41, 5.74) is 1.49. The lowest BCUT2D eigenvalue weighted by Crippen LogP contribution is -2.12. The quantitative estimate of drug-likeness (QED) is 0.493. The summed E-state index contributed by atoms with van der Waals surface area (Å²) >= 11 is 0. The maximum Gasteiger partial charge on any atom is 0.421 e. The molecule has 0 radical (unpaired) electrons. The van der Waals surface area contributed by atoms with Crippen LogP contribution in [0.25, 0.3) is 0 Å². The molecule has 2 aromatic carbocycles. The number of hydrogen-bond acceptors (Lipinski definition) is 5. The van der Waals surface area contributed by atoms with Gasteiger partial charge in [-0.1, -0.05) is 32.0 Å². The number of alkyl halides is 3. The van der Waals surface area contributed by atoms with Crippen molar-refractivity contribution in [3.63, 3.8) is 0 Å². The van der Waals surface area contributed by atoms with E-state index in [2.05, 4.69) is 34.4 Å². The van der Waals surface area contributed by atoms with Gasteiger partial charge >= 0.3 is 6.18 Å². The Morgan fingerprint density at radius 3 is 2.43 bits per heavy atom. The molecule has 30 heavy (non-hydrogen) atoms. The molecule has 154 valence electrons. The SMILES string of the molecule is CCC(C)c1ccc(Nc2ncc(C(F)(F)F)c(Nc3cccc(C#N)c3)n2)cc1. The summed E-state index contributed by atoms with van der Waals surface area (Å²) in [5.74, 6) is 0.0471. The standard InChI is InChI=1S/C22H20F3N5/c1-3-14(2)16-7-9-17(10-8-16)29-21-27-13-19(22(23,24)25)20(30-21)28-18-6-4-5-15(11-18)12-26/h4-11,13-14H,3H2,1-2H3,(H2,27,28,29,30). The second kappa shape index (κ2) is 8.82. The van der Waals surface area contributed by atoms with Crippen LogP contribution in [0.15, 0.2) is 54.7 Å². The number of nitrogens with zero attached hydrogens (tertiary/aromatic N) is 3. The van der Waals surface area contributed by atoms with Crippen LogP contribution < -0.4 is 10.6 Å². The van der Waals surface area contributed by atoms with Gasteiger partial charge in [0.2, 0.25) is 5.95 Å². The third-order valence-electron chi connectivity index (χ3n) is 4.70. The topological polar surface area (TPSA) is 73.6 Å². The summed E-state index contributed by atoms with van der Waals surface area (Å²) in [6.45, 7) is 4.23. The summed E-state index contributed by atoms with van der Waals surface area (Å²) < 4.78 is 40.2. The van der Waals surface area contributed by atoms with E-state index in [1.54, 1.807) is 18.2 Å². The van der Waals surface area contributed by atoms with Crippen LogP contribution in [0.3, 0.4) is 0 Å². The molecule has 8 heteroatoms. The van der Waals surface area contributed by atoms with Gasteiger partial charge in [0.25, 0.3) is 0 Å². The Morgan fingerprint density at radius 1 is 1.07 bits per heavy atom. The number of nitrogens with one attached hydrogen (secondary N) is 2. The van der Waals surface area contributed by atoms with Gasteiger partial charge in [-0.15, -0.1) is 0 Å². The first-order valence-electron chi connectivity index (χ1n) is 9.38. The van der Waals surface area contributed by atoms with Crippen molar-refractivity contribution >= 4 is 23.1 Å². The highest BCUT2D eigenvalue weighted by molar-refractivity contribution is 5.64. The van der Waals surface area contributed by atoms with E-state index in [0.717, 1.165) is 12.6 Å². The maximum atomic E-state index is 13.4. The van der Waals surface area contributed by atoms with Crippen LogP contribution in [0.4, 0.5) is 36.3 Å². The zero-order valence-corrected chi connectivity index (χ0v) is 16.5. The molecule has 0 amide bonds. The number of nitriles is 1. The van der Waals surface area contributed by atoms with E-state index < -0.39 is 17.6 Å². The first kappa shape index (κ1) is 21.1. The van der Waals surface area contributed by atoms with Crippen LogP contribution in [-0.2, 0) is 6.18 Å². The van der Waals surface area contributed by atoms with E-state index in [9.17, 15) is 13.2 Å². The predicted molar refractivity (Wildman–Crippen MR) is 110 cm³/mol. The Balaban J connectivity index is 1.89. The van der Waals surface area contributed by atoms with Gasteiger partial charge in [-0.3, -0.25) is 0 Å². The molecule has 1 unspecified atom stereocenters. The maximum absolute atomic E-state index is 13.4. The molecule has 0 aliphatic heterocycles. The Hall–Kier alpha value is -3.60. The molecule has 3 rings (SSSR count). The molecule has 0 fully saturated rings. The van der Waals surface area contributed by atoms with Crippen molar-refractivity contribution in [3.05, 3.63) is 71.4 Å². The third-order valence-corrected chi connectivity index (χ3v) is 4.70. The fourth-order valence-corrected chi connectivity index (χ4v) is 2.81. The summed E-state index contributed by atoms with van der Waals surface area (Å²) in [5, 5.41) is 14.6. The Labute approximate surface area is 172 Å². The smallest absolute Gasteiger partial charge is 0.340 e. The van der Waals surface area contributed by atoms with E-state index in [-0.39, 0.29) is 5.95 Å². The highest BCUT2D eigenvalue weighted by atomic mass is 19.4. The number of hydrogen-bond donors (Lipinski definition) is 2. The number of aromatic nitrogens is 2. The molecule has 0 spiro atoms. The summed E-state index contributed by atoms with van der Waals surface area (Å²) in [6, 6.07) is 15.7. The second-order valence-corrected chi connectivity index (χ2v) is 6.83. The van der Waals surface area contributed by atoms with Crippen LogP contribution >= 0.6 is 0 Å². The van der Waals surface area contributed by atoms with E-state index in [1.807, 2.05) is 30.3 Å². The van der Waals surface area contributed by atoms with Gasteiger partial charge in [0.1, 0.15) is 11.4 Å². The van der Waals surface area contributed by atoms with Crippen molar-refractivity contribution in [2.75, 3.05) is 10.6 Å². The number of halogens is 3. The van der Waals surface area contributed by atoms with Gasteiger partial charge in [-0.2, -0.15) is 23.4 Å². The molecule has 0 aliphatic carbocycles. The molecule has 3 aromatic rings. The zero-order valence-electron chi connectivity index (χ0n) is 16.5. The van der Waals surface area contributed by atoms with E-state index in [0.29, 0.717) is 22.9 Å². The molecule has 1 heterocycles. The van der Waals surface area contributed by atoms with E-state index in [1.165, 1.54) is 11.6 Å². The zero-order chi connectivity index (χ0) is 21.7. The lowest BCUT2D eigenvalue weighted by Gasteiger charge is -2.15. The number of anilines is 4. The number of benzene rings is 2. The number of rotatable bonds is 6. The van der Waals surface area contributed by atoms with Gasteiger partial charge in [0, 0.05) is 17.6 Å². The van der Waals surface area contributed by atoms with E-state index >= 15 is 0 Å². The molecule has 0 saturated heterocycles. The average molecular weight is 411 g/mol. The summed E-state index contributed by atoms with van der Waals surface area (Å²) in [6.07, 6.45) is -2.89. The average Bonchev–Trinajstić information content (AvgIpc) is 2.73. The lowest BCUT2D eigenvalue weighted by atomic mass is 9.99. The third kappa shape index (κ3) is 5.06. The predicted octanol–water partition coefficient (Wildman–Crippen LogP) is 6.37. The highest BCUT2D eigenvalue weighted by Gasteiger charge is 2.35. The van der Waals surface area contributed by atoms with Crippen molar-refractivity contribution in [1.29, 1.82) is 5.26 Å². The van der Waals surface area contributed by atoms with Crippen LogP contribution in [0.5, 0.6) is 0 Å². The van der Waals surface area contributed by atoms with Crippen molar-refractivity contribution in [2.24, 2.45) is 0 Å². The normalized spacial score (nSPS) is 12.1. The molecule has 2 N–H and O–H groups in total. The highest BCUT2D eigenvalue weighted by Crippen LogP contribution is 2.35. The summed E-state index contributed by atoms with van der Waals surface area (Å²) in [4.78, 5) is 7.84. The molecule has 0 aliphatic rings. The molecule has 5 nitrogen and oxygen atoms in total. The minimum Gasteiger partial charge on any atom is -0.340 e. The summed E-state index contributed by atoms with van der Waals surface area (Å²) in [7, 11) is 0. The molecule has 0 bridgehead atoms. The van der Waals surface area contributed by atoms with E-state index in [4.69, 9.17) is 5.26 Å². The van der Waals surface area contributed by atoms with Gasteiger partial charge in [-0.05, 0) is 48.2 Å². The monoisotopic (exact) mass is 411 g/mol. The largest absolute Gasteiger partial charge is 0.421 e. The Kier molecular flexibility index (Phi) is 6.21. The fourth-order valence-electron chi connectivity index (χ4n) is 2.81. The van der Waals surface area contributed by atoms with Gasteiger partial charge < -0.3 is 10.6 Å². The minimum atomic E-state index is -4.63. The second-order valence-electron chi connectivity index (χ2n) is 6.83. The van der Waals surface area contributed by atoms with Gasteiger partial charge in [-0.25, -0.2) is 4.98 Å². The van der Waals surface area contributed by atoms with Gasteiger partial charge in [0.15, 0.2) is 0 Å². The van der Waals surface area contributed by atoms with Crippen LogP contribution in [0.1, 0.15) is 42.9 Å². The molecule has 1 aromatic heterocycles. The fraction of sp³-hybridized carbons (Fsp3) is 0.227. The van der Waals surface area contributed by atoms with Crippen LogP contribution in [0.2, 0.25) is 0 Å². The molecular weight excluding hydrogens is 391 g/mol. The molecule has 1 atom stereocenters. The Morgan fingerprint density at radius 2 is 1.80 bits per heavy atom. The molecular formula is C22H20F3N5. The van der Waals surface area contributed by atoms with Crippen molar-refractivity contribution < 1.29 is 13.2 Å². The van der Waals surface area contributed by atoms with Crippen LogP contribution in [0, 0.1) is 11.3 Å². The van der Waals surface area contributed by atoms with Crippen LogP contribution in [-0.4, -0.2) is 9.97 Å². The van der Waals surface area contributed by atoms with Gasteiger partial charge in [0.05, 0.1) is 11.6 Å². The first-order valence-corrected chi connectivity index (χ1v) is 9.38. The lowest BCUT2D eigenvalue weighted by molar-refractivity contribution is -0.137. The van der Waals surface area contributed by atoms with Crippen molar-refractivity contribution in [1.82, 2.24) is 9.97 Å². The first-order chi connectivity index (χ1) is 14.3. The minimum absolute atomic E-state index is 0.0261.